The smallest absolute Gasteiger partial charge is 0.0562 e. The van der Waals surface area contributed by atoms with Gasteiger partial charge in [0.15, 0.2) is 0 Å². The Morgan fingerprint density at radius 2 is 2.08 bits per heavy atom. The molecule has 1 rings (SSSR count). The highest BCUT2D eigenvalue weighted by Crippen LogP contribution is 2.21. The Hall–Kier alpha value is -1.28. The molecule has 0 radical (unpaired) electrons. The molecule has 0 unspecified atom stereocenters. The number of hydrogen-bond acceptors (Lipinski definition) is 2. The Morgan fingerprint density at radius 3 is 2.58 bits per heavy atom. The van der Waals surface area contributed by atoms with Crippen LogP contribution in [0.25, 0.3) is 6.08 Å². The van der Waals surface area contributed by atoms with E-state index in [0.717, 1.165) is 11.3 Å². The zero-order valence-corrected chi connectivity index (χ0v) is 7.52. The van der Waals surface area contributed by atoms with Crippen LogP contribution >= 0.6 is 0 Å². The van der Waals surface area contributed by atoms with Gasteiger partial charge >= 0.3 is 0 Å². The molecule has 2 nitrogen and oxygen atoms in total. The van der Waals surface area contributed by atoms with Gasteiger partial charge < -0.3 is 5.43 Å². The standard InChI is InChI=1S/C10H14N2/c1-4-9-8(3)5-7(2)6-10(9)12-11/h4-6,12H,1,11H2,2-3H3. The van der Waals surface area contributed by atoms with Gasteiger partial charge in [-0.2, -0.15) is 0 Å². The number of nitrogen functional groups attached to an aromatic ring is 1. The maximum Gasteiger partial charge on any atom is 0.0562 e. The van der Waals surface area contributed by atoms with Crippen molar-refractivity contribution in [3.05, 3.63) is 35.4 Å². The van der Waals surface area contributed by atoms with E-state index in [4.69, 9.17) is 5.84 Å². The van der Waals surface area contributed by atoms with Crippen molar-refractivity contribution in [2.24, 2.45) is 5.84 Å². The molecule has 0 heterocycles. The first-order chi connectivity index (χ1) is 5.69. The Labute approximate surface area is 73.1 Å². The minimum atomic E-state index is 0.933. The first-order valence-electron chi connectivity index (χ1n) is 3.89. The van der Waals surface area contributed by atoms with E-state index in [0.29, 0.717) is 0 Å². The molecule has 0 saturated heterocycles. The second-order valence-electron chi connectivity index (χ2n) is 2.89. The average Bonchev–Trinajstić information content (AvgIpc) is 2.03. The minimum absolute atomic E-state index is 0.933. The molecule has 0 bridgehead atoms. The summed E-state index contributed by atoms with van der Waals surface area (Å²) in [5.41, 5.74) is 7.05. The van der Waals surface area contributed by atoms with E-state index in [1.165, 1.54) is 11.1 Å². The van der Waals surface area contributed by atoms with E-state index in [2.05, 4.69) is 18.1 Å². The summed E-state index contributed by atoms with van der Waals surface area (Å²) < 4.78 is 0. The second-order valence-corrected chi connectivity index (χ2v) is 2.89. The van der Waals surface area contributed by atoms with Gasteiger partial charge in [-0.25, -0.2) is 0 Å². The van der Waals surface area contributed by atoms with Crippen LogP contribution in [-0.2, 0) is 0 Å². The topological polar surface area (TPSA) is 38.0 Å². The van der Waals surface area contributed by atoms with Gasteiger partial charge in [-0.3, -0.25) is 5.84 Å². The molecule has 0 aliphatic carbocycles. The number of nitrogens with two attached hydrogens (primary N) is 1. The van der Waals surface area contributed by atoms with E-state index in [1.807, 2.05) is 26.0 Å². The summed E-state index contributed by atoms with van der Waals surface area (Å²) in [7, 11) is 0. The molecule has 0 atom stereocenters. The van der Waals surface area contributed by atoms with Crippen LogP contribution < -0.4 is 11.3 Å². The van der Waals surface area contributed by atoms with Gasteiger partial charge in [-0.1, -0.05) is 18.7 Å². The lowest BCUT2D eigenvalue weighted by molar-refractivity contribution is 1.29. The van der Waals surface area contributed by atoms with Crippen LogP contribution in [0.15, 0.2) is 18.7 Å². The van der Waals surface area contributed by atoms with Crippen molar-refractivity contribution in [3.8, 4) is 0 Å². The SMILES string of the molecule is C=Cc1c(C)cc(C)cc1NN. The Balaban J connectivity index is 3.33. The van der Waals surface area contributed by atoms with E-state index < -0.39 is 0 Å². The van der Waals surface area contributed by atoms with E-state index in [-0.39, 0.29) is 0 Å². The third-order valence-electron chi connectivity index (χ3n) is 1.89. The van der Waals surface area contributed by atoms with Crippen molar-refractivity contribution in [1.82, 2.24) is 0 Å². The number of benzene rings is 1. The summed E-state index contributed by atoms with van der Waals surface area (Å²) in [6, 6.07) is 4.11. The molecular formula is C10H14N2. The molecule has 0 saturated carbocycles. The Morgan fingerprint density at radius 1 is 1.42 bits per heavy atom. The average molecular weight is 162 g/mol. The van der Waals surface area contributed by atoms with Crippen molar-refractivity contribution in [3.63, 3.8) is 0 Å². The first-order valence-corrected chi connectivity index (χ1v) is 3.89. The molecule has 2 heteroatoms. The molecule has 64 valence electrons. The Bertz CT molecular complexity index is 303. The molecule has 12 heavy (non-hydrogen) atoms. The molecule has 1 aromatic rings. The van der Waals surface area contributed by atoms with Crippen LogP contribution in [0.1, 0.15) is 16.7 Å². The molecular weight excluding hydrogens is 148 g/mol. The van der Waals surface area contributed by atoms with Crippen LogP contribution in [0.2, 0.25) is 0 Å². The van der Waals surface area contributed by atoms with E-state index in [9.17, 15) is 0 Å². The molecule has 0 aliphatic rings. The summed E-state index contributed by atoms with van der Waals surface area (Å²) >= 11 is 0. The van der Waals surface area contributed by atoms with Gasteiger partial charge in [0.05, 0.1) is 5.69 Å². The van der Waals surface area contributed by atoms with Crippen molar-refractivity contribution >= 4 is 11.8 Å². The monoisotopic (exact) mass is 162 g/mol. The number of hydrazine groups is 1. The third kappa shape index (κ3) is 1.48. The van der Waals surface area contributed by atoms with E-state index in [1.54, 1.807) is 0 Å². The highest BCUT2D eigenvalue weighted by molar-refractivity contribution is 5.69. The molecule has 0 aromatic heterocycles. The molecule has 0 fully saturated rings. The van der Waals surface area contributed by atoms with E-state index >= 15 is 0 Å². The predicted molar refractivity (Wildman–Crippen MR) is 53.8 cm³/mol. The van der Waals surface area contributed by atoms with Crippen molar-refractivity contribution in [1.29, 1.82) is 0 Å². The molecule has 0 spiro atoms. The van der Waals surface area contributed by atoms with Crippen LogP contribution in [0.4, 0.5) is 5.69 Å². The molecule has 1 aromatic carbocycles. The summed E-state index contributed by atoms with van der Waals surface area (Å²) in [6.45, 7) is 7.82. The largest absolute Gasteiger partial charge is 0.324 e. The normalized spacial score (nSPS) is 9.58. The zero-order chi connectivity index (χ0) is 9.14. The lowest BCUT2D eigenvalue weighted by atomic mass is 10.0. The summed E-state index contributed by atoms with van der Waals surface area (Å²) in [4.78, 5) is 0. The van der Waals surface area contributed by atoms with Crippen LogP contribution in [0.5, 0.6) is 0 Å². The fourth-order valence-corrected chi connectivity index (χ4v) is 1.37. The van der Waals surface area contributed by atoms with Gasteiger partial charge in [0.2, 0.25) is 0 Å². The lowest BCUT2D eigenvalue weighted by Crippen LogP contribution is -2.09. The lowest BCUT2D eigenvalue weighted by Gasteiger charge is -2.09. The first kappa shape index (κ1) is 8.81. The third-order valence-corrected chi connectivity index (χ3v) is 1.89. The summed E-state index contributed by atoms with van der Waals surface area (Å²) in [5, 5.41) is 0. The van der Waals surface area contributed by atoms with Gasteiger partial charge in [-0.15, -0.1) is 0 Å². The number of anilines is 1. The maximum absolute atomic E-state index is 5.37. The van der Waals surface area contributed by atoms with Gasteiger partial charge in [0.1, 0.15) is 0 Å². The van der Waals surface area contributed by atoms with Crippen molar-refractivity contribution in [2.75, 3.05) is 5.43 Å². The Kier molecular flexibility index (Phi) is 2.51. The maximum atomic E-state index is 5.37. The fraction of sp³-hybridized carbons (Fsp3) is 0.200. The number of hydrogen-bond donors (Lipinski definition) is 2. The molecule has 0 aliphatic heterocycles. The predicted octanol–water partition coefficient (Wildman–Crippen LogP) is 2.23. The summed E-state index contributed by atoms with van der Waals surface area (Å²) in [6.07, 6.45) is 1.81. The summed E-state index contributed by atoms with van der Waals surface area (Å²) in [5.74, 6) is 5.37. The second kappa shape index (κ2) is 3.41. The number of nitrogens with one attached hydrogen (secondary N) is 1. The van der Waals surface area contributed by atoms with Crippen LogP contribution in [-0.4, -0.2) is 0 Å². The van der Waals surface area contributed by atoms with Gasteiger partial charge in [0, 0.05) is 5.56 Å². The van der Waals surface area contributed by atoms with Crippen LogP contribution in [0, 0.1) is 13.8 Å². The number of aryl methyl sites for hydroxylation is 2. The van der Waals surface area contributed by atoms with Gasteiger partial charge in [-0.05, 0) is 31.0 Å². The highest BCUT2D eigenvalue weighted by atomic mass is 15.2. The minimum Gasteiger partial charge on any atom is -0.324 e. The van der Waals surface area contributed by atoms with Crippen molar-refractivity contribution < 1.29 is 0 Å². The van der Waals surface area contributed by atoms with Crippen LogP contribution in [0.3, 0.4) is 0 Å². The molecule has 3 N–H and O–H groups in total. The van der Waals surface area contributed by atoms with Gasteiger partial charge in [0.25, 0.3) is 0 Å². The van der Waals surface area contributed by atoms with Crippen molar-refractivity contribution in [2.45, 2.75) is 13.8 Å². The zero-order valence-electron chi connectivity index (χ0n) is 7.52. The highest BCUT2D eigenvalue weighted by Gasteiger charge is 2.01. The number of rotatable bonds is 2. The fourth-order valence-electron chi connectivity index (χ4n) is 1.37. The molecule has 0 amide bonds. The quantitative estimate of drug-likeness (QED) is 0.517.